The zero-order chi connectivity index (χ0) is 14.8. The van der Waals surface area contributed by atoms with Crippen LogP contribution in [0.5, 0.6) is 0 Å². The van der Waals surface area contributed by atoms with Crippen molar-refractivity contribution in [1.82, 2.24) is 0 Å². The van der Waals surface area contributed by atoms with Crippen LogP contribution in [0.15, 0.2) is 66.8 Å². The van der Waals surface area contributed by atoms with Crippen molar-refractivity contribution in [3.8, 4) is 0 Å². The monoisotopic (exact) mass is 284 g/mol. The van der Waals surface area contributed by atoms with E-state index in [-0.39, 0.29) is 6.61 Å². The van der Waals surface area contributed by atoms with E-state index in [0.717, 1.165) is 16.3 Å². The number of hydrogen-bond donors (Lipinski definition) is 1. The Kier molecular flexibility index (Phi) is 3.86. The van der Waals surface area contributed by atoms with Gasteiger partial charge in [-0.1, -0.05) is 55.1 Å². The lowest BCUT2D eigenvalue weighted by molar-refractivity contribution is -0.0297. The fraction of sp³-hybridized carbons (Fsp3) is 0.222. The molecule has 3 rings (SSSR count). The minimum atomic E-state index is -1.47. The summed E-state index contributed by atoms with van der Waals surface area (Å²) in [5.41, 5.74) is 1.52. The van der Waals surface area contributed by atoms with Gasteiger partial charge in [0.05, 0.1) is 6.61 Å². The van der Waals surface area contributed by atoms with E-state index in [2.05, 4.69) is 6.58 Å². The Morgan fingerprint density at radius 2 is 1.90 bits per heavy atom. The number of benzene rings is 2. The van der Waals surface area contributed by atoms with Crippen LogP contribution in [0.2, 0.25) is 0 Å². The van der Waals surface area contributed by atoms with E-state index < -0.39 is 18.4 Å². The molecule has 1 aliphatic carbocycles. The standard InChI is InChI=1S/C18H17FO2/c1-12-6-9-16(20)17(19)18(12)21-11-13-7-8-14-4-2-3-5-15(14)10-13/h2-10,16-18,20H,1,11H2/t16-,17-,18+/m0/s1. The molecule has 0 heterocycles. The highest BCUT2D eigenvalue weighted by atomic mass is 19.1. The Bertz CT molecular complexity index is 692. The first-order chi connectivity index (χ1) is 10.1. The SMILES string of the molecule is C=C1C=C[C@H](O)[C@H](F)[C@@H]1OCc1ccc2ccccc2c1. The molecule has 0 amide bonds. The normalized spacial score (nSPS) is 25.4. The molecule has 0 bridgehead atoms. The molecule has 0 aromatic heterocycles. The van der Waals surface area contributed by atoms with Crippen molar-refractivity contribution in [1.29, 1.82) is 0 Å². The van der Waals surface area contributed by atoms with Crippen LogP contribution in [0.1, 0.15) is 5.56 Å². The third-order valence-corrected chi connectivity index (χ3v) is 3.73. The Morgan fingerprint density at radius 1 is 1.14 bits per heavy atom. The summed E-state index contributed by atoms with van der Waals surface area (Å²) in [6.07, 6.45) is -0.370. The molecule has 1 N–H and O–H groups in total. The van der Waals surface area contributed by atoms with Gasteiger partial charge in [-0.15, -0.1) is 0 Å². The molecule has 108 valence electrons. The maximum atomic E-state index is 14.0. The van der Waals surface area contributed by atoms with Gasteiger partial charge in [-0.05, 0) is 28.0 Å². The van der Waals surface area contributed by atoms with E-state index in [1.807, 2.05) is 42.5 Å². The molecule has 3 atom stereocenters. The van der Waals surface area contributed by atoms with Gasteiger partial charge in [0.15, 0.2) is 6.17 Å². The molecule has 0 aliphatic heterocycles. The smallest absolute Gasteiger partial charge is 0.160 e. The molecule has 2 aromatic carbocycles. The molecule has 1 aliphatic rings. The summed E-state index contributed by atoms with van der Waals surface area (Å²) < 4.78 is 19.6. The van der Waals surface area contributed by atoms with Crippen LogP contribution < -0.4 is 0 Å². The first kappa shape index (κ1) is 14.0. The van der Waals surface area contributed by atoms with E-state index in [1.54, 1.807) is 6.08 Å². The van der Waals surface area contributed by atoms with Crippen LogP contribution in [0.25, 0.3) is 10.8 Å². The van der Waals surface area contributed by atoms with Crippen LogP contribution in [0, 0.1) is 0 Å². The first-order valence-corrected chi connectivity index (χ1v) is 6.93. The number of aliphatic hydroxyl groups is 1. The second kappa shape index (κ2) is 5.80. The molecular formula is C18H17FO2. The van der Waals surface area contributed by atoms with Gasteiger partial charge in [0.25, 0.3) is 0 Å². The highest BCUT2D eigenvalue weighted by Gasteiger charge is 2.32. The Morgan fingerprint density at radius 3 is 2.71 bits per heavy atom. The van der Waals surface area contributed by atoms with E-state index >= 15 is 0 Å². The lowest BCUT2D eigenvalue weighted by Crippen LogP contribution is -2.38. The van der Waals surface area contributed by atoms with Gasteiger partial charge in [-0.2, -0.15) is 0 Å². The molecule has 0 saturated heterocycles. The van der Waals surface area contributed by atoms with Crippen molar-refractivity contribution >= 4 is 10.8 Å². The maximum absolute atomic E-state index is 14.0. The molecule has 0 saturated carbocycles. The Labute approximate surface area is 123 Å². The van der Waals surface area contributed by atoms with Crippen molar-refractivity contribution in [3.05, 3.63) is 72.3 Å². The van der Waals surface area contributed by atoms with Crippen LogP contribution >= 0.6 is 0 Å². The highest BCUT2D eigenvalue weighted by molar-refractivity contribution is 5.82. The Hall–Kier alpha value is -1.97. The highest BCUT2D eigenvalue weighted by Crippen LogP contribution is 2.24. The maximum Gasteiger partial charge on any atom is 0.160 e. The van der Waals surface area contributed by atoms with Crippen molar-refractivity contribution in [2.24, 2.45) is 0 Å². The van der Waals surface area contributed by atoms with Gasteiger partial charge in [-0.3, -0.25) is 0 Å². The number of rotatable bonds is 3. The average molecular weight is 284 g/mol. The van der Waals surface area contributed by atoms with Crippen molar-refractivity contribution in [2.75, 3.05) is 0 Å². The summed E-state index contributed by atoms with van der Waals surface area (Å²) in [6.45, 7) is 4.07. The van der Waals surface area contributed by atoms with Gasteiger partial charge in [0, 0.05) is 0 Å². The first-order valence-electron chi connectivity index (χ1n) is 6.93. The molecule has 0 fully saturated rings. The fourth-order valence-corrected chi connectivity index (χ4v) is 2.52. The van der Waals surface area contributed by atoms with Crippen molar-refractivity contribution in [2.45, 2.75) is 25.0 Å². The molecular weight excluding hydrogens is 267 g/mol. The summed E-state index contributed by atoms with van der Waals surface area (Å²) >= 11 is 0. The number of fused-ring (bicyclic) bond motifs is 1. The predicted molar refractivity (Wildman–Crippen MR) is 81.7 cm³/mol. The topological polar surface area (TPSA) is 29.5 Å². The molecule has 2 nitrogen and oxygen atoms in total. The predicted octanol–water partition coefficient (Wildman–Crippen LogP) is 3.55. The molecule has 2 aromatic rings. The van der Waals surface area contributed by atoms with E-state index in [0.29, 0.717) is 5.57 Å². The third-order valence-electron chi connectivity index (χ3n) is 3.73. The van der Waals surface area contributed by atoms with Crippen LogP contribution in [0.4, 0.5) is 4.39 Å². The molecule has 0 radical (unpaired) electrons. The van der Waals surface area contributed by atoms with Gasteiger partial charge >= 0.3 is 0 Å². The lowest BCUT2D eigenvalue weighted by Gasteiger charge is -2.28. The molecule has 21 heavy (non-hydrogen) atoms. The molecule has 0 spiro atoms. The van der Waals surface area contributed by atoms with Gasteiger partial charge in [-0.25, -0.2) is 4.39 Å². The number of aliphatic hydroxyl groups excluding tert-OH is 1. The summed E-state index contributed by atoms with van der Waals surface area (Å²) in [5.74, 6) is 0. The van der Waals surface area contributed by atoms with E-state index in [4.69, 9.17) is 4.74 Å². The van der Waals surface area contributed by atoms with Crippen LogP contribution in [-0.4, -0.2) is 23.5 Å². The second-order valence-electron chi connectivity index (χ2n) is 5.28. The van der Waals surface area contributed by atoms with Crippen molar-refractivity contribution < 1.29 is 14.2 Å². The zero-order valence-electron chi connectivity index (χ0n) is 11.6. The Balaban J connectivity index is 1.74. The largest absolute Gasteiger partial charge is 0.386 e. The van der Waals surface area contributed by atoms with Gasteiger partial charge in [0.2, 0.25) is 0 Å². The second-order valence-corrected chi connectivity index (χ2v) is 5.28. The minimum Gasteiger partial charge on any atom is -0.386 e. The van der Waals surface area contributed by atoms with E-state index in [9.17, 15) is 9.50 Å². The fourth-order valence-electron chi connectivity index (χ4n) is 2.52. The average Bonchev–Trinajstić information content (AvgIpc) is 2.51. The molecule has 3 heteroatoms. The van der Waals surface area contributed by atoms with Gasteiger partial charge < -0.3 is 9.84 Å². The lowest BCUT2D eigenvalue weighted by atomic mass is 9.96. The summed E-state index contributed by atoms with van der Waals surface area (Å²) in [6, 6.07) is 14.1. The minimum absolute atomic E-state index is 0.287. The third kappa shape index (κ3) is 2.89. The van der Waals surface area contributed by atoms with Crippen LogP contribution in [0.3, 0.4) is 0 Å². The zero-order valence-corrected chi connectivity index (χ0v) is 11.6. The quantitative estimate of drug-likeness (QED) is 0.934. The van der Waals surface area contributed by atoms with Crippen LogP contribution in [-0.2, 0) is 11.3 Å². The van der Waals surface area contributed by atoms with E-state index in [1.165, 1.54) is 6.08 Å². The van der Waals surface area contributed by atoms with Crippen molar-refractivity contribution in [3.63, 3.8) is 0 Å². The number of hydrogen-bond acceptors (Lipinski definition) is 2. The number of alkyl halides is 1. The van der Waals surface area contributed by atoms with Gasteiger partial charge in [0.1, 0.15) is 12.2 Å². The summed E-state index contributed by atoms with van der Waals surface area (Å²) in [5, 5.41) is 11.8. The number of ether oxygens (including phenoxy) is 1. The summed E-state index contributed by atoms with van der Waals surface area (Å²) in [7, 11) is 0. The number of halogens is 1. The molecule has 0 unspecified atom stereocenters. The summed E-state index contributed by atoms with van der Waals surface area (Å²) in [4.78, 5) is 0.